The predicted molar refractivity (Wildman–Crippen MR) is 89.5 cm³/mol. The molecular formula is C14H20Cl2N3O3S+. The molecule has 0 aliphatic carbocycles. The summed E-state index contributed by atoms with van der Waals surface area (Å²) < 4.78 is 26.2. The molecule has 1 N–H and O–H groups in total. The Balaban J connectivity index is 2.11. The zero-order valence-corrected chi connectivity index (χ0v) is 15.4. The summed E-state index contributed by atoms with van der Waals surface area (Å²) in [5, 5.41) is 0.353. The molecule has 0 unspecified atom stereocenters. The molecule has 1 amide bonds. The number of nitrogens with zero attached hydrogens (tertiary/aromatic N) is 2. The number of halogens is 2. The van der Waals surface area contributed by atoms with Gasteiger partial charge in [0, 0.05) is 12.1 Å². The van der Waals surface area contributed by atoms with Gasteiger partial charge in [0.2, 0.25) is 15.9 Å². The van der Waals surface area contributed by atoms with Crippen LogP contribution in [0.1, 0.15) is 0 Å². The van der Waals surface area contributed by atoms with E-state index in [4.69, 9.17) is 23.2 Å². The number of amides is 1. The van der Waals surface area contributed by atoms with Crippen molar-refractivity contribution in [2.75, 3.05) is 46.8 Å². The van der Waals surface area contributed by atoms with Crippen LogP contribution in [-0.4, -0.2) is 70.3 Å². The molecule has 1 aromatic carbocycles. The maximum Gasteiger partial charge on any atom is 0.244 e. The number of likely N-dealkylation sites (N-methyl/N-ethyl adjacent to an activating group) is 2. The third-order valence-electron chi connectivity index (χ3n) is 3.91. The second-order valence-corrected chi connectivity index (χ2v) is 8.53. The van der Waals surface area contributed by atoms with E-state index in [0.717, 1.165) is 17.4 Å². The largest absolute Gasteiger partial charge is 0.334 e. The number of hydrogen-bond acceptors (Lipinski definition) is 3. The molecule has 0 aromatic heterocycles. The van der Waals surface area contributed by atoms with Gasteiger partial charge in [-0.1, -0.05) is 23.2 Å². The van der Waals surface area contributed by atoms with Gasteiger partial charge in [0.1, 0.15) is 4.90 Å². The van der Waals surface area contributed by atoms with Crippen molar-refractivity contribution in [1.29, 1.82) is 0 Å². The lowest BCUT2D eigenvalue weighted by Crippen LogP contribution is -3.12. The predicted octanol–water partition coefficient (Wildman–Crippen LogP) is -0.0292. The topological polar surface area (TPSA) is 62.1 Å². The first-order valence-corrected chi connectivity index (χ1v) is 9.42. The number of sulfonamides is 1. The Morgan fingerprint density at radius 3 is 2.52 bits per heavy atom. The minimum Gasteiger partial charge on any atom is -0.334 e. The Labute approximate surface area is 146 Å². The van der Waals surface area contributed by atoms with Gasteiger partial charge < -0.3 is 9.80 Å². The van der Waals surface area contributed by atoms with Crippen molar-refractivity contribution in [3.63, 3.8) is 0 Å². The fourth-order valence-corrected chi connectivity index (χ4v) is 4.21. The number of rotatable bonds is 4. The number of benzene rings is 1. The van der Waals surface area contributed by atoms with E-state index in [-0.39, 0.29) is 27.4 Å². The first kappa shape index (κ1) is 18.5. The zero-order valence-electron chi connectivity index (χ0n) is 13.1. The molecule has 1 fully saturated rings. The van der Waals surface area contributed by atoms with Crippen molar-refractivity contribution < 1.29 is 18.1 Å². The summed E-state index contributed by atoms with van der Waals surface area (Å²) in [7, 11) is -0.437. The Bertz CT molecular complexity index is 689. The molecule has 0 bridgehead atoms. The molecule has 0 spiro atoms. The second kappa shape index (κ2) is 7.36. The van der Waals surface area contributed by atoms with E-state index in [9.17, 15) is 13.2 Å². The van der Waals surface area contributed by atoms with E-state index < -0.39 is 10.0 Å². The third kappa shape index (κ3) is 4.36. The van der Waals surface area contributed by atoms with Gasteiger partial charge in [-0.25, -0.2) is 8.42 Å². The van der Waals surface area contributed by atoms with Crippen LogP contribution in [0.3, 0.4) is 0 Å². The van der Waals surface area contributed by atoms with Gasteiger partial charge in [-0.3, -0.25) is 4.79 Å². The number of carbonyl (C=O) groups is 1. The van der Waals surface area contributed by atoms with Crippen molar-refractivity contribution in [2.24, 2.45) is 0 Å². The fraction of sp³-hybridized carbons (Fsp3) is 0.500. The van der Waals surface area contributed by atoms with Gasteiger partial charge in [0.15, 0.2) is 0 Å². The molecule has 1 aromatic rings. The van der Waals surface area contributed by atoms with E-state index in [0.29, 0.717) is 13.1 Å². The number of nitrogens with one attached hydrogen (secondary N) is 1. The van der Waals surface area contributed by atoms with Crippen LogP contribution in [-0.2, 0) is 14.8 Å². The highest BCUT2D eigenvalue weighted by Gasteiger charge is 2.29. The summed E-state index contributed by atoms with van der Waals surface area (Å²) in [5.41, 5.74) is 0. The molecule has 1 saturated heterocycles. The van der Waals surface area contributed by atoms with Crippen LogP contribution in [0.4, 0.5) is 0 Å². The average Bonchev–Trinajstić information content (AvgIpc) is 2.50. The molecule has 1 heterocycles. The average molecular weight is 381 g/mol. The number of hydrogen-bond donors (Lipinski definition) is 1. The number of carbonyl (C=O) groups excluding carboxylic acids is 1. The first-order valence-electron chi connectivity index (χ1n) is 7.22. The lowest BCUT2D eigenvalue weighted by Gasteiger charge is -2.31. The Hall–Kier alpha value is -0.860. The Morgan fingerprint density at radius 1 is 1.30 bits per heavy atom. The normalized spacial score (nSPS) is 16.8. The summed E-state index contributed by atoms with van der Waals surface area (Å²) in [6, 6.07) is 4.23. The zero-order chi connectivity index (χ0) is 17.2. The van der Waals surface area contributed by atoms with Gasteiger partial charge >= 0.3 is 0 Å². The maximum absolute atomic E-state index is 12.6. The fourth-order valence-electron chi connectivity index (χ4n) is 2.36. The Kier molecular flexibility index (Phi) is 5.91. The van der Waals surface area contributed by atoms with Gasteiger partial charge in [0.25, 0.3) is 0 Å². The minimum atomic E-state index is -3.87. The molecule has 6 nitrogen and oxygen atoms in total. The second-order valence-electron chi connectivity index (χ2n) is 5.67. The van der Waals surface area contributed by atoms with Crippen LogP contribution in [0.5, 0.6) is 0 Å². The third-order valence-corrected chi connectivity index (χ3v) is 6.43. The van der Waals surface area contributed by atoms with E-state index in [1.54, 1.807) is 4.90 Å². The van der Waals surface area contributed by atoms with Crippen LogP contribution < -0.4 is 4.90 Å². The molecule has 0 radical (unpaired) electrons. The molecule has 128 valence electrons. The molecule has 23 heavy (non-hydrogen) atoms. The summed E-state index contributed by atoms with van der Waals surface area (Å²) >= 11 is 11.8. The number of quaternary nitrogens is 1. The highest BCUT2D eigenvalue weighted by Crippen LogP contribution is 2.27. The highest BCUT2D eigenvalue weighted by molar-refractivity contribution is 7.89. The van der Waals surface area contributed by atoms with E-state index >= 15 is 0 Å². The van der Waals surface area contributed by atoms with Crippen molar-refractivity contribution in [1.82, 2.24) is 9.21 Å². The van der Waals surface area contributed by atoms with E-state index in [2.05, 4.69) is 7.05 Å². The van der Waals surface area contributed by atoms with Gasteiger partial charge in [-0.2, -0.15) is 4.31 Å². The summed E-state index contributed by atoms with van der Waals surface area (Å²) in [5.74, 6) is -0.207. The lowest BCUT2D eigenvalue weighted by molar-refractivity contribution is -0.883. The smallest absolute Gasteiger partial charge is 0.244 e. The Morgan fingerprint density at radius 2 is 1.91 bits per heavy atom. The van der Waals surface area contributed by atoms with Gasteiger partial charge in [-0.15, -0.1) is 0 Å². The van der Waals surface area contributed by atoms with Crippen LogP contribution in [0.15, 0.2) is 23.1 Å². The van der Waals surface area contributed by atoms with Crippen molar-refractivity contribution in [2.45, 2.75) is 4.90 Å². The lowest BCUT2D eigenvalue weighted by atomic mass is 10.3. The molecule has 1 aliphatic heterocycles. The summed E-state index contributed by atoms with van der Waals surface area (Å²) in [6.45, 7) is 2.78. The van der Waals surface area contributed by atoms with Crippen molar-refractivity contribution in [3.8, 4) is 0 Å². The van der Waals surface area contributed by atoms with Crippen LogP contribution in [0, 0.1) is 0 Å². The molecule has 2 rings (SSSR count). The molecule has 1 aliphatic rings. The van der Waals surface area contributed by atoms with Gasteiger partial charge in [-0.05, 0) is 18.2 Å². The maximum atomic E-state index is 12.6. The monoisotopic (exact) mass is 380 g/mol. The SMILES string of the molecule is CN(CC(=O)N1CC[NH+](C)CC1)S(=O)(=O)c1cc(Cl)ccc1Cl. The molecule has 9 heteroatoms. The molecule has 0 saturated carbocycles. The van der Waals surface area contributed by atoms with Crippen LogP contribution >= 0.6 is 23.2 Å². The van der Waals surface area contributed by atoms with E-state index in [1.807, 2.05) is 0 Å². The van der Waals surface area contributed by atoms with Crippen LogP contribution in [0.2, 0.25) is 10.0 Å². The molecular weight excluding hydrogens is 361 g/mol. The minimum absolute atomic E-state index is 0.0805. The highest BCUT2D eigenvalue weighted by atomic mass is 35.5. The number of piperazine rings is 1. The van der Waals surface area contributed by atoms with Gasteiger partial charge in [0.05, 0.1) is 44.8 Å². The summed E-state index contributed by atoms with van der Waals surface area (Å²) in [6.07, 6.45) is 0. The quantitative estimate of drug-likeness (QED) is 0.797. The van der Waals surface area contributed by atoms with Crippen molar-refractivity contribution >= 4 is 39.1 Å². The molecule has 0 atom stereocenters. The summed E-state index contributed by atoms with van der Waals surface area (Å²) in [4.78, 5) is 15.3. The van der Waals surface area contributed by atoms with E-state index in [1.165, 1.54) is 30.1 Å². The van der Waals surface area contributed by atoms with Crippen molar-refractivity contribution in [3.05, 3.63) is 28.2 Å². The first-order chi connectivity index (χ1) is 10.7. The standard InChI is InChI=1S/C14H19Cl2N3O3S/c1-17-5-7-19(8-6-17)14(20)10-18(2)23(21,22)13-9-11(15)3-4-12(13)16/h3-4,9H,5-8,10H2,1-2H3/p+1. The van der Waals surface area contributed by atoms with Crippen LogP contribution in [0.25, 0.3) is 0 Å².